The van der Waals surface area contributed by atoms with Gasteiger partial charge in [-0.05, 0) is 38.0 Å². The van der Waals surface area contributed by atoms with Crippen molar-refractivity contribution in [3.05, 3.63) is 35.4 Å². The summed E-state index contributed by atoms with van der Waals surface area (Å²) in [4.78, 5) is 24.7. The molecule has 6 nitrogen and oxygen atoms in total. The van der Waals surface area contributed by atoms with E-state index in [2.05, 4.69) is 5.32 Å². The van der Waals surface area contributed by atoms with Crippen molar-refractivity contribution in [3.63, 3.8) is 0 Å². The first kappa shape index (κ1) is 17.5. The summed E-state index contributed by atoms with van der Waals surface area (Å²) in [5, 5.41) is 11.7. The molecule has 1 unspecified atom stereocenters. The van der Waals surface area contributed by atoms with E-state index in [0.717, 1.165) is 5.56 Å². The number of nitrogens with zero attached hydrogens (tertiary/aromatic N) is 1. The standard InChI is InChI=1S/C16H22N2O4S/c1-16(2)7-8-18(9-10-23(16)22)15(21)17-11-12-3-5-13(6-4-12)14(19)20/h3-6H,7-11H2,1-2H3,(H,17,21)(H,19,20). The predicted octanol–water partition coefficient (Wildman–Crippen LogP) is 1.83. The fraction of sp³-hybridized carbons (Fsp3) is 0.500. The van der Waals surface area contributed by atoms with Crippen LogP contribution in [0.4, 0.5) is 4.79 Å². The Labute approximate surface area is 138 Å². The van der Waals surface area contributed by atoms with Crippen molar-refractivity contribution >= 4 is 22.8 Å². The Morgan fingerprint density at radius 2 is 1.91 bits per heavy atom. The van der Waals surface area contributed by atoms with Crippen LogP contribution in [0.5, 0.6) is 0 Å². The lowest BCUT2D eigenvalue weighted by molar-refractivity contribution is 0.0697. The molecular formula is C16H22N2O4S. The number of rotatable bonds is 3. The lowest BCUT2D eigenvalue weighted by atomic mass is 10.1. The molecule has 1 aliphatic rings. The summed E-state index contributed by atoms with van der Waals surface area (Å²) in [5.41, 5.74) is 1.05. The maximum absolute atomic E-state index is 12.2. The van der Waals surface area contributed by atoms with E-state index in [-0.39, 0.29) is 16.3 Å². The minimum absolute atomic E-state index is 0.179. The number of aromatic carboxylic acids is 1. The Kier molecular flexibility index (Phi) is 5.41. The predicted molar refractivity (Wildman–Crippen MR) is 88.9 cm³/mol. The average molecular weight is 338 g/mol. The van der Waals surface area contributed by atoms with E-state index in [1.165, 1.54) is 12.1 Å². The smallest absolute Gasteiger partial charge is 0.335 e. The second kappa shape index (κ2) is 7.12. The van der Waals surface area contributed by atoms with Crippen molar-refractivity contribution in [2.45, 2.75) is 31.6 Å². The number of carboxylic acid groups (broad SMARTS) is 1. The van der Waals surface area contributed by atoms with Crippen LogP contribution in [-0.4, -0.2) is 49.8 Å². The van der Waals surface area contributed by atoms with Gasteiger partial charge >= 0.3 is 12.0 Å². The van der Waals surface area contributed by atoms with Crippen LogP contribution >= 0.6 is 0 Å². The lowest BCUT2D eigenvalue weighted by Crippen LogP contribution is -2.41. The van der Waals surface area contributed by atoms with Gasteiger partial charge in [-0.2, -0.15) is 0 Å². The minimum atomic E-state index is -0.972. The van der Waals surface area contributed by atoms with Gasteiger partial charge < -0.3 is 15.3 Å². The molecule has 1 heterocycles. The van der Waals surface area contributed by atoms with Crippen molar-refractivity contribution < 1.29 is 18.9 Å². The normalized spacial score (nSPS) is 20.6. The number of carbonyl (C=O) groups excluding carboxylic acids is 1. The second-order valence-electron chi connectivity index (χ2n) is 6.21. The van der Waals surface area contributed by atoms with E-state index in [0.29, 0.717) is 31.8 Å². The first-order chi connectivity index (χ1) is 10.8. The molecule has 126 valence electrons. The van der Waals surface area contributed by atoms with Gasteiger partial charge in [0.2, 0.25) is 0 Å². The monoisotopic (exact) mass is 338 g/mol. The fourth-order valence-electron chi connectivity index (χ4n) is 2.36. The number of carbonyl (C=O) groups is 2. The maximum Gasteiger partial charge on any atom is 0.335 e. The largest absolute Gasteiger partial charge is 0.478 e. The molecule has 1 aromatic rings. The van der Waals surface area contributed by atoms with Crippen LogP contribution in [0.15, 0.2) is 24.3 Å². The van der Waals surface area contributed by atoms with E-state index >= 15 is 0 Å². The Balaban J connectivity index is 1.89. The van der Waals surface area contributed by atoms with E-state index in [9.17, 15) is 13.8 Å². The highest BCUT2D eigenvalue weighted by Crippen LogP contribution is 2.21. The minimum Gasteiger partial charge on any atom is -0.478 e. The molecule has 2 rings (SSSR count). The van der Waals surface area contributed by atoms with Gasteiger partial charge in [-0.25, -0.2) is 9.59 Å². The van der Waals surface area contributed by atoms with Gasteiger partial charge in [-0.1, -0.05) is 12.1 Å². The first-order valence-electron chi connectivity index (χ1n) is 7.53. The summed E-state index contributed by atoms with van der Waals surface area (Å²) in [6, 6.07) is 6.22. The first-order valence-corrected chi connectivity index (χ1v) is 8.85. The fourth-order valence-corrected chi connectivity index (χ4v) is 3.61. The van der Waals surface area contributed by atoms with Crippen molar-refractivity contribution in [1.29, 1.82) is 0 Å². The van der Waals surface area contributed by atoms with Crippen LogP contribution in [0.1, 0.15) is 36.2 Å². The molecule has 1 atom stereocenters. The molecular weight excluding hydrogens is 316 g/mol. The van der Waals surface area contributed by atoms with Gasteiger partial charge in [0.05, 0.1) is 5.56 Å². The Hall–Kier alpha value is -1.89. The van der Waals surface area contributed by atoms with E-state index < -0.39 is 16.8 Å². The summed E-state index contributed by atoms with van der Waals surface area (Å²) < 4.78 is 11.8. The summed E-state index contributed by atoms with van der Waals surface area (Å²) >= 11 is 0. The zero-order chi connectivity index (χ0) is 17.0. The molecule has 1 fully saturated rings. The average Bonchev–Trinajstić information content (AvgIpc) is 2.65. The van der Waals surface area contributed by atoms with E-state index in [1.807, 2.05) is 13.8 Å². The second-order valence-corrected chi connectivity index (χ2v) is 8.41. The molecule has 2 N–H and O–H groups in total. The van der Waals surface area contributed by atoms with E-state index in [4.69, 9.17) is 5.11 Å². The molecule has 23 heavy (non-hydrogen) atoms. The lowest BCUT2D eigenvalue weighted by Gasteiger charge is -2.22. The summed E-state index contributed by atoms with van der Waals surface area (Å²) in [6.07, 6.45) is 0.709. The van der Waals surface area contributed by atoms with Crippen molar-refractivity contribution in [1.82, 2.24) is 10.2 Å². The molecule has 2 amide bonds. The third kappa shape index (κ3) is 4.54. The summed E-state index contributed by atoms with van der Waals surface area (Å²) in [6.45, 7) is 5.34. The molecule has 7 heteroatoms. The van der Waals surface area contributed by atoms with Gasteiger partial charge in [0.15, 0.2) is 0 Å². The van der Waals surface area contributed by atoms with Gasteiger partial charge in [0.25, 0.3) is 0 Å². The van der Waals surface area contributed by atoms with Crippen molar-refractivity contribution in [2.24, 2.45) is 0 Å². The molecule has 0 saturated carbocycles. The Morgan fingerprint density at radius 1 is 1.26 bits per heavy atom. The SMILES string of the molecule is CC1(C)CCN(C(=O)NCc2ccc(C(=O)O)cc2)CCS1=O. The number of benzene rings is 1. The van der Waals surface area contributed by atoms with Gasteiger partial charge in [0.1, 0.15) is 0 Å². The van der Waals surface area contributed by atoms with E-state index in [1.54, 1.807) is 17.0 Å². The number of hydrogen-bond donors (Lipinski definition) is 2. The van der Waals surface area contributed by atoms with Crippen LogP contribution in [0.2, 0.25) is 0 Å². The van der Waals surface area contributed by atoms with Crippen LogP contribution in [0.25, 0.3) is 0 Å². The molecule has 0 aromatic heterocycles. The van der Waals surface area contributed by atoms with Gasteiger partial charge in [0, 0.05) is 40.9 Å². The Bertz CT molecular complexity index is 613. The molecule has 0 spiro atoms. The number of carboxylic acids is 1. The highest BCUT2D eigenvalue weighted by atomic mass is 32.2. The molecule has 1 aliphatic heterocycles. The highest BCUT2D eigenvalue weighted by molar-refractivity contribution is 7.86. The number of amides is 2. The number of nitrogens with one attached hydrogen (secondary N) is 1. The van der Waals surface area contributed by atoms with Gasteiger partial charge in [-0.3, -0.25) is 4.21 Å². The molecule has 0 bridgehead atoms. The number of hydrogen-bond acceptors (Lipinski definition) is 3. The Morgan fingerprint density at radius 3 is 2.52 bits per heavy atom. The van der Waals surface area contributed by atoms with Crippen molar-refractivity contribution in [2.75, 3.05) is 18.8 Å². The number of urea groups is 1. The highest BCUT2D eigenvalue weighted by Gasteiger charge is 2.31. The third-order valence-electron chi connectivity index (χ3n) is 4.08. The van der Waals surface area contributed by atoms with Crippen LogP contribution in [0, 0.1) is 0 Å². The summed E-state index contributed by atoms with van der Waals surface area (Å²) in [5.74, 6) is -0.478. The van der Waals surface area contributed by atoms with Gasteiger partial charge in [-0.15, -0.1) is 0 Å². The zero-order valence-electron chi connectivity index (χ0n) is 13.4. The van der Waals surface area contributed by atoms with Crippen LogP contribution in [0.3, 0.4) is 0 Å². The zero-order valence-corrected chi connectivity index (χ0v) is 14.2. The third-order valence-corrected chi connectivity index (χ3v) is 6.07. The van der Waals surface area contributed by atoms with Crippen molar-refractivity contribution in [3.8, 4) is 0 Å². The topological polar surface area (TPSA) is 86.7 Å². The van der Waals surface area contributed by atoms with Crippen LogP contribution < -0.4 is 5.32 Å². The molecule has 1 aromatic carbocycles. The maximum atomic E-state index is 12.2. The summed E-state index contributed by atoms with van der Waals surface area (Å²) in [7, 11) is -0.930. The molecule has 0 aliphatic carbocycles. The molecule has 0 radical (unpaired) electrons. The molecule has 1 saturated heterocycles. The van der Waals surface area contributed by atoms with Crippen LogP contribution in [-0.2, 0) is 17.3 Å². The quantitative estimate of drug-likeness (QED) is 0.880.